The zero-order chi connectivity index (χ0) is 21.0. The average Bonchev–Trinajstić information content (AvgIpc) is 3.25. The molecule has 4 atom stereocenters. The number of anilines is 1. The first kappa shape index (κ1) is 18.8. The average molecular weight is 415 g/mol. The maximum Gasteiger partial charge on any atom is 0.192 e. The molecule has 8 rings (SSSR count). The number of hydrogen-bond donors (Lipinski definition) is 3. The van der Waals surface area contributed by atoms with Crippen LogP contribution in [0.5, 0.6) is 0 Å². The van der Waals surface area contributed by atoms with Crippen molar-refractivity contribution in [1.29, 1.82) is 0 Å². The van der Waals surface area contributed by atoms with E-state index in [1.54, 1.807) is 6.20 Å². The van der Waals surface area contributed by atoms with Crippen LogP contribution in [0.1, 0.15) is 35.2 Å². The van der Waals surface area contributed by atoms with Crippen LogP contribution in [0.2, 0.25) is 0 Å². The second-order valence-electron chi connectivity index (χ2n) is 9.11. The Kier molecular flexibility index (Phi) is 4.26. The molecule has 3 saturated carbocycles. The van der Waals surface area contributed by atoms with Crippen LogP contribution in [-0.4, -0.2) is 39.1 Å². The molecular formula is C25H25N3O3. The Labute approximate surface area is 180 Å². The normalized spacial score (nSPS) is 28.3. The summed E-state index contributed by atoms with van der Waals surface area (Å²) in [5, 5.41) is 15.2. The Morgan fingerprint density at radius 1 is 1.26 bits per heavy atom. The fraction of sp³-hybridized carbons (Fsp3) is 0.360. The molecule has 3 aromatic rings. The lowest BCUT2D eigenvalue weighted by Crippen LogP contribution is -2.59. The van der Waals surface area contributed by atoms with Gasteiger partial charge in [-0.3, -0.25) is 4.79 Å². The van der Waals surface area contributed by atoms with Crippen LogP contribution in [0, 0.1) is 11.8 Å². The van der Waals surface area contributed by atoms with Crippen LogP contribution in [0.4, 0.5) is 5.69 Å². The van der Waals surface area contributed by atoms with Crippen molar-refractivity contribution in [3.8, 4) is 0 Å². The number of pyridine rings is 1. The highest BCUT2D eigenvalue weighted by Gasteiger charge is 2.58. The summed E-state index contributed by atoms with van der Waals surface area (Å²) in [6.07, 6.45) is 8.49. The van der Waals surface area contributed by atoms with Gasteiger partial charge in [0.25, 0.3) is 0 Å². The van der Waals surface area contributed by atoms with Crippen molar-refractivity contribution in [1.82, 2.24) is 9.97 Å². The molecule has 2 aromatic heterocycles. The first-order valence-corrected chi connectivity index (χ1v) is 10.9. The number of fused-ring (bicyclic) bond motifs is 2. The van der Waals surface area contributed by atoms with E-state index in [1.165, 1.54) is 5.57 Å². The number of rotatable bonds is 7. The topological polar surface area (TPSA) is 87.2 Å². The van der Waals surface area contributed by atoms with Crippen molar-refractivity contribution < 1.29 is 14.6 Å². The lowest BCUT2D eigenvalue weighted by atomic mass is 9.50. The van der Waals surface area contributed by atoms with Gasteiger partial charge in [-0.1, -0.05) is 36.4 Å². The smallest absolute Gasteiger partial charge is 0.192 e. The third-order valence-corrected chi connectivity index (χ3v) is 7.16. The summed E-state index contributed by atoms with van der Waals surface area (Å²) in [6, 6.07) is 11.9. The standard InChI is InChI=1S/C25H25N3O3/c29-22(14-31-13-15-4-2-1-3-5-15)19-12-27-24-18(6-7-26-24)23(19)28-21-9-20-16-8-17(21)11-25(20,30)10-16/h1-7,9,12,16-17,21,30H,8,10-11,13-14H2,(H2,26,27,28)/t16?,17-,21+,25-/m1/s1. The molecule has 31 heavy (non-hydrogen) atoms. The minimum atomic E-state index is -0.572. The van der Waals surface area contributed by atoms with E-state index in [0.717, 1.165) is 41.5 Å². The van der Waals surface area contributed by atoms with Gasteiger partial charge in [-0.05, 0) is 48.3 Å². The molecule has 5 aliphatic rings. The van der Waals surface area contributed by atoms with Crippen molar-refractivity contribution >= 4 is 22.5 Å². The van der Waals surface area contributed by atoms with Gasteiger partial charge in [0, 0.05) is 23.8 Å². The number of aliphatic hydroxyl groups is 1. The summed E-state index contributed by atoms with van der Waals surface area (Å²) >= 11 is 0. The van der Waals surface area contributed by atoms with E-state index in [9.17, 15) is 9.90 Å². The molecule has 4 bridgehead atoms. The SMILES string of the molecule is O=C(COCc1ccccc1)c1cnc2[nH]ccc2c1N[C@H]1C=C2C3C[C@@H]1C[C@]2(O)C3. The van der Waals surface area contributed by atoms with Gasteiger partial charge in [0.15, 0.2) is 5.78 Å². The van der Waals surface area contributed by atoms with Crippen LogP contribution in [0.15, 0.2) is 60.4 Å². The summed E-state index contributed by atoms with van der Waals surface area (Å²) in [4.78, 5) is 20.6. The number of ketones is 1. The van der Waals surface area contributed by atoms with E-state index < -0.39 is 5.60 Å². The highest BCUT2D eigenvalue weighted by molar-refractivity contribution is 6.08. The number of carbonyl (C=O) groups excluding carboxylic acids is 1. The number of carbonyl (C=O) groups is 1. The van der Waals surface area contributed by atoms with Crippen LogP contribution in [0.25, 0.3) is 11.0 Å². The molecule has 1 aromatic carbocycles. The van der Waals surface area contributed by atoms with Gasteiger partial charge in [0.2, 0.25) is 0 Å². The molecule has 158 valence electrons. The minimum Gasteiger partial charge on any atom is -0.385 e. The highest BCUT2D eigenvalue weighted by atomic mass is 16.5. The van der Waals surface area contributed by atoms with Gasteiger partial charge in [-0.2, -0.15) is 0 Å². The number of Topliss-reactive ketones (excluding diaryl/α,β-unsaturated/α-hetero) is 1. The summed E-state index contributed by atoms with van der Waals surface area (Å²) in [7, 11) is 0. The van der Waals surface area contributed by atoms with Crippen LogP contribution in [0.3, 0.4) is 0 Å². The van der Waals surface area contributed by atoms with Crippen LogP contribution in [-0.2, 0) is 11.3 Å². The quantitative estimate of drug-likeness (QED) is 0.403. The van der Waals surface area contributed by atoms with Crippen molar-refractivity contribution in [3.63, 3.8) is 0 Å². The minimum absolute atomic E-state index is 0.00179. The van der Waals surface area contributed by atoms with Gasteiger partial charge in [0.05, 0.1) is 23.5 Å². The van der Waals surface area contributed by atoms with Crippen molar-refractivity contribution in [2.45, 2.75) is 37.5 Å². The van der Waals surface area contributed by atoms with Gasteiger partial charge in [-0.25, -0.2) is 4.98 Å². The summed E-state index contributed by atoms with van der Waals surface area (Å²) in [6.45, 7) is 0.393. The molecule has 3 fully saturated rings. The lowest BCUT2D eigenvalue weighted by molar-refractivity contribution is -0.0776. The largest absolute Gasteiger partial charge is 0.385 e. The second-order valence-corrected chi connectivity index (χ2v) is 9.11. The molecule has 3 N–H and O–H groups in total. The van der Waals surface area contributed by atoms with E-state index in [4.69, 9.17) is 4.74 Å². The number of aromatic amines is 1. The molecule has 6 heteroatoms. The number of hydrogen-bond acceptors (Lipinski definition) is 5. The Hall–Kier alpha value is -2.96. The number of ether oxygens (including phenoxy) is 1. The molecule has 5 aliphatic carbocycles. The molecule has 6 nitrogen and oxygen atoms in total. The Morgan fingerprint density at radius 3 is 2.90 bits per heavy atom. The number of H-pyrrole nitrogens is 1. The molecule has 0 radical (unpaired) electrons. The van der Waals surface area contributed by atoms with E-state index in [2.05, 4.69) is 21.4 Å². The zero-order valence-electron chi connectivity index (χ0n) is 17.2. The number of aromatic nitrogens is 2. The third-order valence-electron chi connectivity index (χ3n) is 7.16. The van der Waals surface area contributed by atoms with Crippen molar-refractivity contribution in [2.75, 3.05) is 11.9 Å². The summed E-state index contributed by atoms with van der Waals surface area (Å²) in [5.74, 6) is 0.823. The number of nitrogens with one attached hydrogen (secondary N) is 2. The highest BCUT2D eigenvalue weighted by Crippen LogP contribution is 2.59. The van der Waals surface area contributed by atoms with E-state index >= 15 is 0 Å². The first-order valence-electron chi connectivity index (χ1n) is 10.9. The predicted molar refractivity (Wildman–Crippen MR) is 118 cm³/mol. The third kappa shape index (κ3) is 3.09. The molecule has 0 spiro atoms. The second kappa shape index (κ2) is 7.04. The van der Waals surface area contributed by atoms with Gasteiger partial charge >= 0.3 is 0 Å². The molecular weight excluding hydrogens is 390 g/mol. The maximum atomic E-state index is 13.1. The van der Waals surface area contributed by atoms with Crippen LogP contribution < -0.4 is 5.32 Å². The molecule has 0 amide bonds. The van der Waals surface area contributed by atoms with Gasteiger partial charge in [0.1, 0.15) is 12.3 Å². The maximum absolute atomic E-state index is 13.1. The monoisotopic (exact) mass is 415 g/mol. The Morgan fingerprint density at radius 2 is 2.13 bits per heavy atom. The van der Waals surface area contributed by atoms with Crippen molar-refractivity contribution in [2.24, 2.45) is 11.8 Å². The van der Waals surface area contributed by atoms with Gasteiger partial charge < -0.3 is 20.1 Å². The Balaban J connectivity index is 1.25. The molecule has 1 unspecified atom stereocenters. The molecule has 0 aliphatic heterocycles. The molecule has 0 saturated heterocycles. The predicted octanol–water partition coefficient (Wildman–Crippen LogP) is 3.84. The zero-order valence-corrected chi connectivity index (χ0v) is 17.2. The van der Waals surface area contributed by atoms with Crippen molar-refractivity contribution in [3.05, 3.63) is 71.6 Å². The summed E-state index contributed by atoms with van der Waals surface area (Å²) < 4.78 is 5.70. The Bertz CT molecular complexity index is 1190. The molecule has 2 heterocycles. The lowest BCUT2D eigenvalue weighted by Gasteiger charge is -2.59. The van der Waals surface area contributed by atoms with Gasteiger partial charge in [-0.15, -0.1) is 0 Å². The van der Waals surface area contributed by atoms with Crippen LogP contribution >= 0.6 is 0 Å². The number of nitrogens with zero attached hydrogens (tertiary/aromatic N) is 1. The summed E-state index contributed by atoms with van der Waals surface area (Å²) in [5.41, 5.74) is 3.75. The fourth-order valence-corrected chi connectivity index (χ4v) is 5.69. The first-order chi connectivity index (χ1) is 15.1. The fourth-order valence-electron chi connectivity index (χ4n) is 5.69. The van der Waals surface area contributed by atoms with E-state index in [-0.39, 0.29) is 18.4 Å². The number of benzene rings is 1. The van der Waals surface area contributed by atoms with E-state index in [0.29, 0.717) is 24.0 Å². The van der Waals surface area contributed by atoms with E-state index in [1.807, 2.05) is 42.6 Å².